The third-order valence-corrected chi connectivity index (χ3v) is 5.32. The molecule has 1 heterocycles. The molecule has 0 aromatic heterocycles. The highest BCUT2D eigenvalue weighted by molar-refractivity contribution is 7.90. The summed E-state index contributed by atoms with van der Waals surface area (Å²) >= 11 is 0. The van der Waals surface area contributed by atoms with E-state index < -0.39 is 21.4 Å². The molecule has 1 aromatic carbocycles. The van der Waals surface area contributed by atoms with E-state index in [1.807, 2.05) is 13.8 Å². The van der Waals surface area contributed by atoms with Gasteiger partial charge in [0.15, 0.2) is 9.84 Å². The minimum absolute atomic E-state index is 0.263. The fourth-order valence-electron chi connectivity index (χ4n) is 2.71. The van der Waals surface area contributed by atoms with Gasteiger partial charge in [-0.1, -0.05) is 12.1 Å². The summed E-state index contributed by atoms with van der Waals surface area (Å²) in [6.07, 6.45) is 5.01. The molecule has 0 saturated heterocycles. The van der Waals surface area contributed by atoms with Gasteiger partial charge in [0, 0.05) is 12.3 Å². The van der Waals surface area contributed by atoms with Crippen molar-refractivity contribution in [2.45, 2.75) is 43.2 Å². The van der Waals surface area contributed by atoms with E-state index in [0.29, 0.717) is 12.5 Å². The number of hydrogen-bond acceptors (Lipinski definition) is 5. The molecule has 2 aliphatic rings. The summed E-state index contributed by atoms with van der Waals surface area (Å²) < 4.78 is 34.3. The minimum atomic E-state index is -3.23. The minimum Gasteiger partial charge on any atom is -0.340 e. The Bertz CT molecular complexity index is 729. The van der Waals surface area contributed by atoms with Crippen molar-refractivity contribution in [3.63, 3.8) is 0 Å². The maximum atomic E-state index is 11.6. The maximum Gasteiger partial charge on any atom is 0.303 e. The van der Waals surface area contributed by atoms with Crippen molar-refractivity contribution >= 4 is 15.4 Å². The van der Waals surface area contributed by atoms with Gasteiger partial charge in [0.25, 0.3) is 0 Å². The molecule has 6 heteroatoms. The van der Waals surface area contributed by atoms with Crippen LogP contribution < -0.4 is 0 Å². The van der Waals surface area contributed by atoms with Gasteiger partial charge in [-0.05, 0) is 55.9 Å². The van der Waals surface area contributed by atoms with Gasteiger partial charge in [-0.2, -0.15) is 0 Å². The predicted molar refractivity (Wildman–Crippen MR) is 86.3 cm³/mol. The number of rotatable bonds is 5. The van der Waals surface area contributed by atoms with Crippen molar-refractivity contribution in [2.75, 3.05) is 12.9 Å². The highest BCUT2D eigenvalue weighted by atomic mass is 32.2. The van der Waals surface area contributed by atoms with E-state index >= 15 is 0 Å². The second kappa shape index (κ2) is 5.41. The lowest BCUT2D eigenvalue weighted by Gasteiger charge is -2.28. The third-order valence-electron chi connectivity index (χ3n) is 4.19. The monoisotopic (exact) mass is 338 g/mol. The van der Waals surface area contributed by atoms with Crippen molar-refractivity contribution in [2.24, 2.45) is 5.92 Å². The molecule has 1 aromatic rings. The first kappa shape index (κ1) is 16.6. The van der Waals surface area contributed by atoms with Gasteiger partial charge < -0.3 is 14.6 Å². The molecule has 1 atom stereocenters. The van der Waals surface area contributed by atoms with Crippen LogP contribution in [0.15, 0.2) is 35.2 Å². The Morgan fingerprint density at radius 2 is 1.87 bits per heavy atom. The summed E-state index contributed by atoms with van der Waals surface area (Å²) in [5.74, 6) is -1.21. The van der Waals surface area contributed by atoms with E-state index in [0.717, 1.165) is 24.0 Å². The molecule has 1 saturated carbocycles. The Morgan fingerprint density at radius 1 is 1.26 bits per heavy atom. The zero-order chi connectivity index (χ0) is 16.9. The van der Waals surface area contributed by atoms with Crippen molar-refractivity contribution in [3.05, 3.63) is 35.9 Å². The van der Waals surface area contributed by atoms with Crippen LogP contribution in [0.1, 0.15) is 32.3 Å². The van der Waals surface area contributed by atoms with E-state index in [2.05, 4.69) is 0 Å². The van der Waals surface area contributed by atoms with E-state index in [1.165, 1.54) is 6.26 Å². The summed E-state index contributed by atoms with van der Waals surface area (Å²) in [4.78, 5) is 0.263. The normalized spacial score (nSPS) is 27.0. The molecule has 0 spiro atoms. The molecule has 0 amide bonds. The molecule has 1 fully saturated rings. The van der Waals surface area contributed by atoms with Crippen molar-refractivity contribution in [1.82, 2.24) is 0 Å². The lowest BCUT2D eigenvalue weighted by Crippen LogP contribution is -2.36. The van der Waals surface area contributed by atoms with Gasteiger partial charge in [0.1, 0.15) is 0 Å². The number of sulfone groups is 1. The molecule has 0 radical (unpaired) electrons. The Morgan fingerprint density at radius 3 is 2.39 bits per heavy atom. The topological polar surface area (TPSA) is 72.8 Å². The quantitative estimate of drug-likeness (QED) is 0.835. The van der Waals surface area contributed by atoms with Crippen molar-refractivity contribution in [3.8, 4) is 0 Å². The Labute approximate surface area is 136 Å². The zero-order valence-corrected chi connectivity index (χ0v) is 14.4. The van der Waals surface area contributed by atoms with Crippen LogP contribution >= 0.6 is 0 Å². The fraction of sp³-hybridized carbons (Fsp3) is 0.529. The smallest absolute Gasteiger partial charge is 0.303 e. The van der Waals surface area contributed by atoms with E-state index in [4.69, 9.17) is 9.47 Å². The van der Waals surface area contributed by atoms with Crippen LogP contribution in [0, 0.1) is 5.92 Å². The van der Waals surface area contributed by atoms with Gasteiger partial charge in [-0.3, -0.25) is 0 Å². The predicted octanol–water partition coefficient (Wildman–Crippen LogP) is 2.36. The van der Waals surface area contributed by atoms with E-state index in [-0.39, 0.29) is 4.90 Å². The summed E-state index contributed by atoms with van der Waals surface area (Å²) in [6.45, 7) is 4.17. The standard InChI is InChI=1S/C17H22O5S/c1-16(2)15(10-17(18,22-16)21-11-12-4-5-12)13-6-8-14(9-7-13)23(3,19)20/h6-10,12,18H,4-5,11H2,1-3H3. The van der Waals surface area contributed by atoms with Gasteiger partial charge >= 0.3 is 5.97 Å². The highest BCUT2D eigenvalue weighted by Crippen LogP contribution is 2.43. The largest absolute Gasteiger partial charge is 0.340 e. The molecule has 1 aliphatic carbocycles. The molecule has 1 unspecified atom stereocenters. The lowest BCUT2D eigenvalue weighted by atomic mass is 9.92. The van der Waals surface area contributed by atoms with Crippen molar-refractivity contribution in [1.29, 1.82) is 0 Å². The van der Waals surface area contributed by atoms with Gasteiger partial charge in [-0.15, -0.1) is 0 Å². The summed E-state index contributed by atoms with van der Waals surface area (Å²) in [6, 6.07) is 6.56. The van der Waals surface area contributed by atoms with E-state index in [1.54, 1.807) is 30.3 Å². The second-order valence-corrected chi connectivity index (χ2v) is 8.87. The number of aliphatic hydroxyl groups is 1. The van der Waals surface area contributed by atoms with E-state index in [9.17, 15) is 13.5 Å². The van der Waals surface area contributed by atoms with Crippen LogP contribution in [0.5, 0.6) is 0 Å². The second-order valence-electron chi connectivity index (χ2n) is 6.85. The summed E-state index contributed by atoms with van der Waals surface area (Å²) in [7, 11) is -3.23. The van der Waals surface area contributed by atoms with Gasteiger partial charge in [-0.25, -0.2) is 8.42 Å². The fourth-order valence-corrected chi connectivity index (χ4v) is 3.34. The SMILES string of the molecule is CC1(C)OC(O)(OCC2CC2)C=C1c1ccc(S(C)(=O)=O)cc1. The first-order chi connectivity index (χ1) is 10.6. The average Bonchev–Trinajstić information content (AvgIpc) is 3.22. The van der Waals surface area contributed by atoms with Crippen LogP contribution in [0.3, 0.4) is 0 Å². The molecular weight excluding hydrogens is 316 g/mol. The van der Waals surface area contributed by atoms with Crippen LogP contribution in [-0.2, 0) is 19.3 Å². The van der Waals surface area contributed by atoms with Gasteiger partial charge in [0.2, 0.25) is 0 Å². The van der Waals surface area contributed by atoms with Crippen LogP contribution in [-0.4, -0.2) is 38.0 Å². The molecule has 1 N–H and O–H groups in total. The zero-order valence-electron chi connectivity index (χ0n) is 13.6. The van der Waals surface area contributed by atoms with Crippen LogP contribution in [0.4, 0.5) is 0 Å². The first-order valence-electron chi connectivity index (χ1n) is 7.69. The summed E-state index contributed by atoms with van der Waals surface area (Å²) in [5.41, 5.74) is 0.842. The Hall–Kier alpha value is -1.21. The molecule has 3 rings (SSSR count). The summed E-state index contributed by atoms with van der Waals surface area (Å²) in [5, 5.41) is 10.5. The number of ether oxygens (including phenoxy) is 2. The molecule has 126 valence electrons. The average molecular weight is 338 g/mol. The Kier molecular flexibility index (Phi) is 3.92. The molecule has 1 aliphatic heterocycles. The Balaban J connectivity index is 1.86. The first-order valence-corrected chi connectivity index (χ1v) is 9.59. The van der Waals surface area contributed by atoms with Crippen LogP contribution in [0.2, 0.25) is 0 Å². The number of benzene rings is 1. The maximum absolute atomic E-state index is 11.6. The molecular formula is C17H22O5S. The third kappa shape index (κ3) is 3.66. The molecule has 0 bridgehead atoms. The molecule has 5 nitrogen and oxygen atoms in total. The van der Waals surface area contributed by atoms with Crippen molar-refractivity contribution < 1.29 is 23.0 Å². The number of hydrogen-bond donors (Lipinski definition) is 1. The van der Waals surface area contributed by atoms with Crippen LogP contribution in [0.25, 0.3) is 5.57 Å². The highest BCUT2D eigenvalue weighted by Gasteiger charge is 2.45. The van der Waals surface area contributed by atoms with Gasteiger partial charge in [0.05, 0.1) is 17.1 Å². The lowest BCUT2D eigenvalue weighted by molar-refractivity contribution is -0.342. The molecule has 23 heavy (non-hydrogen) atoms.